The molecule has 0 fully saturated rings. The number of aliphatic hydroxyl groups excluding tert-OH is 1. The number of amides is 1. The van der Waals surface area contributed by atoms with E-state index in [9.17, 15) is 4.79 Å². The van der Waals surface area contributed by atoms with Gasteiger partial charge in [-0.25, -0.2) is 9.97 Å². The Bertz CT molecular complexity index is 1440. The molecular formula is C27H28IN5O2S. The molecule has 9 heteroatoms. The first-order valence-electron chi connectivity index (χ1n) is 11.8. The highest BCUT2D eigenvalue weighted by atomic mass is 127. The van der Waals surface area contributed by atoms with Gasteiger partial charge in [-0.1, -0.05) is 12.1 Å². The quantitative estimate of drug-likeness (QED) is 0.310. The molecule has 0 saturated heterocycles. The van der Waals surface area contributed by atoms with Gasteiger partial charge in [0, 0.05) is 79.9 Å². The zero-order valence-corrected chi connectivity index (χ0v) is 23.5. The molecule has 1 aliphatic rings. The fourth-order valence-electron chi connectivity index (χ4n) is 4.84. The van der Waals surface area contributed by atoms with Crippen molar-refractivity contribution in [1.82, 2.24) is 23.7 Å². The predicted molar refractivity (Wildman–Crippen MR) is 154 cm³/mol. The van der Waals surface area contributed by atoms with Gasteiger partial charge in [-0.3, -0.25) is 8.77 Å². The van der Waals surface area contributed by atoms with Crippen molar-refractivity contribution in [3.63, 3.8) is 0 Å². The number of aromatic nitrogens is 3. The summed E-state index contributed by atoms with van der Waals surface area (Å²) in [7, 11) is 5.40. The monoisotopic (exact) mass is 613 g/mol. The minimum Gasteiger partial charge on any atom is -0.395 e. The summed E-state index contributed by atoms with van der Waals surface area (Å²) in [5, 5.41) is 9.13. The van der Waals surface area contributed by atoms with E-state index in [1.807, 2.05) is 40.6 Å². The van der Waals surface area contributed by atoms with Gasteiger partial charge in [-0.2, -0.15) is 0 Å². The van der Waals surface area contributed by atoms with E-state index in [0.29, 0.717) is 12.1 Å². The summed E-state index contributed by atoms with van der Waals surface area (Å²) >= 11 is 2.25. The van der Waals surface area contributed by atoms with E-state index in [1.165, 1.54) is 21.6 Å². The van der Waals surface area contributed by atoms with Gasteiger partial charge in [0.25, 0.3) is 5.91 Å². The second-order valence-corrected chi connectivity index (χ2v) is 11.0. The van der Waals surface area contributed by atoms with Crippen LogP contribution in [0.15, 0.2) is 48.8 Å². The Morgan fingerprint density at radius 2 is 2.00 bits per heavy atom. The average Bonchev–Trinajstić information content (AvgIpc) is 3.26. The Kier molecular flexibility index (Phi) is 7.34. The number of aliphatic hydroxyl groups is 1. The average molecular weight is 614 g/mol. The number of aryl methyl sites for hydroxylation is 1. The van der Waals surface area contributed by atoms with Gasteiger partial charge in [-0.05, 0) is 66.9 Å². The molecule has 0 unspecified atom stereocenters. The van der Waals surface area contributed by atoms with Crippen molar-refractivity contribution in [1.29, 1.82) is 0 Å². The number of nitrogens with zero attached hydrogens (tertiary/aromatic N) is 5. The Morgan fingerprint density at radius 1 is 1.22 bits per heavy atom. The molecule has 1 aliphatic heterocycles. The third-order valence-electron chi connectivity index (χ3n) is 6.81. The summed E-state index contributed by atoms with van der Waals surface area (Å²) in [6, 6.07) is 12.0. The highest BCUT2D eigenvalue weighted by molar-refractivity contribution is 14.2. The zero-order chi connectivity index (χ0) is 25.4. The van der Waals surface area contributed by atoms with Crippen LogP contribution in [0.3, 0.4) is 0 Å². The van der Waals surface area contributed by atoms with Gasteiger partial charge in [-0.15, -0.1) is 0 Å². The van der Waals surface area contributed by atoms with Crippen molar-refractivity contribution in [2.45, 2.75) is 19.9 Å². The molecule has 0 spiro atoms. The molecule has 5 rings (SSSR count). The third-order valence-corrected chi connectivity index (χ3v) is 8.51. The molecule has 0 aliphatic carbocycles. The number of halogens is 1. The molecule has 1 N–H and O–H groups in total. The molecule has 186 valence electrons. The first-order valence-corrected chi connectivity index (χ1v) is 15.2. The topological polar surface area (TPSA) is 74.5 Å². The molecule has 1 amide bonds. The van der Waals surface area contributed by atoms with Crippen LogP contribution in [0.1, 0.15) is 27.0 Å². The van der Waals surface area contributed by atoms with Gasteiger partial charge in [0.05, 0.1) is 18.5 Å². The maximum Gasteiger partial charge on any atom is 0.253 e. The lowest BCUT2D eigenvalue weighted by Crippen LogP contribution is -2.29. The van der Waals surface area contributed by atoms with Gasteiger partial charge in [0.2, 0.25) is 0 Å². The van der Waals surface area contributed by atoms with Crippen LogP contribution in [-0.4, -0.2) is 68.5 Å². The highest BCUT2D eigenvalue weighted by Crippen LogP contribution is 2.35. The summed E-state index contributed by atoms with van der Waals surface area (Å²) in [5.41, 5.74) is 10.3. The number of hydrogen-bond donors (Lipinski definition) is 1. The number of likely N-dealkylation sites (N-methyl/N-ethyl adjacent to an activating group) is 2. The molecule has 2 aromatic heterocycles. The fourth-order valence-corrected chi connectivity index (χ4v) is 6.09. The van der Waals surface area contributed by atoms with Crippen LogP contribution in [0.25, 0.3) is 33.5 Å². The second-order valence-electron chi connectivity index (χ2n) is 9.31. The van der Waals surface area contributed by atoms with E-state index in [1.54, 1.807) is 16.2 Å². The number of benzene rings is 2. The number of rotatable bonds is 6. The smallest absolute Gasteiger partial charge is 0.253 e. The molecule has 4 aromatic rings. The van der Waals surface area contributed by atoms with E-state index < -0.39 is 0 Å². The zero-order valence-electron chi connectivity index (χ0n) is 20.5. The fraction of sp³-hybridized carbons (Fsp3) is 0.296. The lowest BCUT2D eigenvalue weighted by Gasteiger charge is -2.27. The first-order chi connectivity index (χ1) is 17.4. The van der Waals surface area contributed by atoms with Crippen LogP contribution in [0.4, 0.5) is 0 Å². The number of carbonyl (C=O) groups is 1. The van der Waals surface area contributed by atoms with Gasteiger partial charge in [0.1, 0.15) is 5.52 Å². The van der Waals surface area contributed by atoms with Crippen molar-refractivity contribution in [3.05, 3.63) is 71.0 Å². The normalized spacial score (nSPS) is 13.7. The Labute approximate surface area is 227 Å². The number of hydrogen-bond acceptors (Lipinski definition) is 6. The molecule has 36 heavy (non-hydrogen) atoms. The molecule has 0 bridgehead atoms. The second kappa shape index (κ2) is 10.5. The van der Waals surface area contributed by atoms with Gasteiger partial charge in [0.15, 0.2) is 5.65 Å². The van der Waals surface area contributed by atoms with Gasteiger partial charge >= 0.3 is 0 Å². The van der Waals surface area contributed by atoms with Crippen molar-refractivity contribution >= 4 is 47.4 Å². The summed E-state index contributed by atoms with van der Waals surface area (Å²) < 4.78 is 2.02. The van der Waals surface area contributed by atoms with Crippen LogP contribution in [-0.2, 0) is 13.0 Å². The van der Waals surface area contributed by atoms with Crippen LogP contribution in [0.5, 0.6) is 0 Å². The minimum atomic E-state index is -0.114. The van der Waals surface area contributed by atoms with E-state index in [0.717, 1.165) is 53.1 Å². The van der Waals surface area contributed by atoms with E-state index in [-0.39, 0.29) is 12.5 Å². The first kappa shape index (κ1) is 25.2. The number of fused-ring (bicyclic) bond motifs is 2. The standard InChI is InChI=1S/C27H28IN5O2S/c1-17-12-20(13-21-15-31(2)9-8-22(17)21)24-14-29-26-25(30-24)23(16-33(26)36-28)18-4-6-19(7-5-18)27(35)32(3)10-11-34/h4-7,12-14,16,34H,8-11,15H2,1-3H3. The Hall–Kier alpha value is -2.47. The van der Waals surface area contributed by atoms with Crippen molar-refractivity contribution < 1.29 is 9.90 Å². The van der Waals surface area contributed by atoms with E-state index in [4.69, 9.17) is 15.1 Å². The molecule has 0 saturated carbocycles. The molecule has 3 heterocycles. The lowest BCUT2D eigenvalue weighted by molar-refractivity contribution is 0.0767. The Morgan fingerprint density at radius 3 is 2.72 bits per heavy atom. The summed E-state index contributed by atoms with van der Waals surface area (Å²) in [6.45, 7) is 4.47. The maximum atomic E-state index is 12.6. The lowest BCUT2D eigenvalue weighted by atomic mass is 9.92. The summed E-state index contributed by atoms with van der Waals surface area (Å²) in [4.78, 5) is 26.3. The number of carbonyl (C=O) groups excluding carboxylic acids is 1. The summed E-state index contributed by atoms with van der Waals surface area (Å²) in [6.07, 6.45) is 4.99. The summed E-state index contributed by atoms with van der Waals surface area (Å²) in [5.74, 6) is -0.114. The highest BCUT2D eigenvalue weighted by Gasteiger charge is 2.19. The van der Waals surface area contributed by atoms with Crippen LogP contribution < -0.4 is 0 Å². The van der Waals surface area contributed by atoms with Crippen molar-refractivity contribution in [3.8, 4) is 22.4 Å². The molecule has 2 aromatic carbocycles. The van der Waals surface area contributed by atoms with Crippen LogP contribution in [0.2, 0.25) is 0 Å². The Balaban J connectivity index is 1.55. The SMILES string of the molecule is Cc1cc(-c2cnc3c(n2)c(-c2ccc(C(=O)N(C)CCO)cc2)cn3SI)cc2c1CCN(C)C2. The minimum absolute atomic E-state index is 0.0603. The molecular weight excluding hydrogens is 585 g/mol. The van der Waals surface area contributed by atoms with E-state index >= 15 is 0 Å². The van der Waals surface area contributed by atoms with Crippen molar-refractivity contribution in [2.24, 2.45) is 0 Å². The van der Waals surface area contributed by atoms with Crippen molar-refractivity contribution in [2.75, 3.05) is 33.8 Å². The van der Waals surface area contributed by atoms with Crippen LogP contribution >= 0.6 is 30.3 Å². The third kappa shape index (κ3) is 4.77. The molecule has 0 atom stereocenters. The molecule has 7 nitrogen and oxygen atoms in total. The van der Waals surface area contributed by atoms with E-state index in [2.05, 4.69) is 52.2 Å². The van der Waals surface area contributed by atoms with Gasteiger partial charge < -0.3 is 14.9 Å². The molecule has 0 radical (unpaired) electrons. The largest absolute Gasteiger partial charge is 0.395 e. The maximum absolute atomic E-state index is 12.6. The van der Waals surface area contributed by atoms with Crippen LogP contribution in [0, 0.1) is 6.92 Å². The predicted octanol–water partition coefficient (Wildman–Crippen LogP) is 4.97.